The highest BCUT2D eigenvalue weighted by Crippen LogP contribution is 2.35. The highest BCUT2D eigenvalue weighted by molar-refractivity contribution is 5.50. The zero-order valence-corrected chi connectivity index (χ0v) is 93.5. The van der Waals surface area contributed by atoms with Crippen LogP contribution in [-0.4, -0.2) is 141 Å². The van der Waals surface area contributed by atoms with Gasteiger partial charge in [0, 0.05) is 138 Å². The molecular formula is C128H192F4N8O4. The number of benzene rings is 9. The van der Waals surface area contributed by atoms with E-state index in [0.717, 1.165) is 88.2 Å². The zero-order valence-electron chi connectivity index (χ0n) is 93.5. The van der Waals surface area contributed by atoms with Crippen molar-refractivity contribution in [1.29, 1.82) is 0 Å². The molecular weight excluding hydrogens is 1790 g/mol. The third kappa shape index (κ3) is 44.4. The van der Waals surface area contributed by atoms with Crippen LogP contribution in [-0.2, 0) is 29.0 Å². The van der Waals surface area contributed by atoms with Gasteiger partial charge in [0.1, 0.15) is 5.75 Å². The van der Waals surface area contributed by atoms with Crippen molar-refractivity contribution in [1.82, 2.24) is 14.8 Å². The number of rotatable bonds is 32. The Labute approximate surface area is 872 Å². The van der Waals surface area contributed by atoms with Gasteiger partial charge >= 0.3 is 0 Å². The predicted octanol–water partition coefficient (Wildman–Crippen LogP) is 34.2. The summed E-state index contributed by atoms with van der Waals surface area (Å²) < 4.78 is 69.0. The number of aliphatic hydroxyl groups is 1. The Morgan fingerprint density at radius 1 is 0.417 bits per heavy atom. The van der Waals surface area contributed by atoms with Gasteiger partial charge in [-0.1, -0.05) is 310 Å². The lowest BCUT2D eigenvalue weighted by Gasteiger charge is -2.32. The minimum absolute atomic E-state index is 0.00290. The largest absolute Gasteiger partial charge is 0.490 e. The molecule has 16 rings (SSSR count). The van der Waals surface area contributed by atoms with E-state index in [1.807, 2.05) is 34.2 Å². The lowest BCUT2D eigenvalue weighted by atomic mass is 9.89. The van der Waals surface area contributed by atoms with Gasteiger partial charge in [-0.15, -0.1) is 0 Å². The topological polar surface area (TPSA) is 109 Å². The van der Waals surface area contributed by atoms with Gasteiger partial charge in [-0.2, -0.15) is 0 Å². The molecule has 3 atom stereocenters. The average Bonchev–Trinajstić information content (AvgIpc) is 1.75. The van der Waals surface area contributed by atoms with Crippen LogP contribution in [0.1, 0.15) is 401 Å². The van der Waals surface area contributed by atoms with Crippen molar-refractivity contribution in [2.75, 3.05) is 99.5 Å². The Morgan fingerprint density at radius 2 is 0.792 bits per heavy atom. The van der Waals surface area contributed by atoms with Gasteiger partial charge in [0.15, 0.2) is 0 Å². The first-order chi connectivity index (χ1) is 68.7. The molecule has 144 heavy (non-hydrogen) atoms. The molecule has 0 aromatic heterocycles. The fourth-order valence-corrected chi connectivity index (χ4v) is 18.7. The summed E-state index contributed by atoms with van der Waals surface area (Å²) >= 11 is 0. The number of hydrogen-bond acceptors (Lipinski definition) is 12. The molecule has 4 heterocycles. The van der Waals surface area contributed by atoms with Crippen molar-refractivity contribution in [3.05, 3.63) is 285 Å². The van der Waals surface area contributed by atoms with Crippen LogP contribution in [0, 0.1) is 5.92 Å². The van der Waals surface area contributed by atoms with Gasteiger partial charge in [0.25, 0.3) is 11.8 Å². The number of nitrogens with zero attached hydrogens (tertiary/aromatic N) is 4. The van der Waals surface area contributed by atoms with Crippen LogP contribution in [0.3, 0.4) is 0 Å². The first kappa shape index (κ1) is 120. The molecule has 796 valence electrons. The van der Waals surface area contributed by atoms with Crippen LogP contribution in [0.5, 0.6) is 5.75 Å². The van der Waals surface area contributed by atoms with E-state index in [1.165, 1.54) is 174 Å². The normalized spacial score (nSPS) is 17.9. The summed E-state index contributed by atoms with van der Waals surface area (Å²) in [5, 5.41) is 22.8. The van der Waals surface area contributed by atoms with Crippen molar-refractivity contribution in [3.8, 4) is 5.75 Å². The first-order valence-electron chi connectivity index (χ1n) is 55.8. The molecule has 3 saturated carbocycles. The second kappa shape index (κ2) is 62.5. The molecule has 4 saturated heterocycles. The maximum Gasteiger partial charge on any atom is 0.261 e. The van der Waals surface area contributed by atoms with Crippen molar-refractivity contribution in [3.63, 3.8) is 0 Å². The molecule has 5 N–H and O–H groups in total. The number of anilines is 5. The van der Waals surface area contributed by atoms with Crippen molar-refractivity contribution in [2.24, 2.45) is 5.92 Å². The Morgan fingerprint density at radius 3 is 1.15 bits per heavy atom. The van der Waals surface area contributed by atoms with Gasteiger partial charge in [-0.3, -0.25) is 9.80 Å². The number of likely N-dealkylation sites (tertiary alicyclic amines) is 1. The molecule has 12 nitrogen and oxygen atoms in total. The van der Waals surface area contributed by atoms with Crippen molar-refractivity contribution >= 4 is 28.4 Å². The Hall–Kier alpha value is -8.74. The van der Waals surface area contributed by atoms with Gasteiger partial charge in [-0.25, -0.2) is 22.6 Å². The summed E-state index contributed by atoms with van der Waals surface area (Å²) in [6, 6.07) is 80.2. The van der Waals surface area contributed by atoms with Gasteiger partial charge in [-0.05, 0) is 303 Å². The average molecular weight is 1980 g/mol. The number of halogens is 4. The van der Waals surface area contributed by atoms with Crippen LogP contribution in [0.2, 0.25) is 0 Å². The number of hydrogen-bond donors (Lipinski definition) is 5. The smallest absolute Gasteiger partial charge is 0.261 e. The van der Waals surface area contributed by atoms with Gasteiger partial charge in [0.2, 0.25) is 0 Å². The number of nitrogens with one attached hydrogen (secondary N) is 4. The Balaban J connectivity index is 0.000000198. The van der Waals surface area contributed by atoms with E-state index >= 15 is 0 Å². The minimum Gasteiger partial charge on any atom is -0.490 e. The number of hydrazine groups is 1. The number of ether oxygens (including phenoxy) is 3. The van der Waals surface area contributed by atoms with Gasteiger partial charge < -0.3 is 45.6 Å². The summed E-state index contributed by atoms with van der Waals surface area (Å²) in [6.07, 6.45) is 22.6. The fraction of sp³-hybridized carbons (Fsp3) is 0.578. The van der Waals surface area contributed by atoms with E-state index in [1.54, 1.807) is 0 Å². The molecule has 7 aliphatic rings. The molecule has 9 aromatic carbocycles. The van der Waals surface area contributed by atoms with E-state index in [4.69, 9.17) is 14.2 Å². The predicted molar refractivity (Wildman–Crippen MR) is 609 cm³/mol. The molecule has 4 aliphatic heterocycles. The second-order valence-corrected chi connectivity index (χ2v) is 44.7. The molecule has 0 amide bonds. The Bertz CT molecular complexity index is 4830. The van der Waals surface area contributed by atoms with E-state index < -0.39 is 17.4 Å². The first-order valence-corrected chi connectivity index (χ1v) is 55.8. The molecule has 3 aliphatic carbocycles. The number of likely N-dealkylation sites (N-methyl/N-ethyl adjacent to an activating group) is 1. The maximum absolute atomic E-state index is 13.0. The van der Waals surface area contributed by atoms with E-state index in [9.17, 15) is 22.7 Å². The monoisotopic (exact) mass is 1980 g/mol. The number of piperidine rings is 1. The summed E-state index contributed by atoms with van der Waals surface area (Å²) in [7, 11) is 4.12. The Kier molecular flexibility index (Phi) is 52.3. The van der Waals surface area contributed by atoms with Crippen LogP contribution in [0.25, 0.3) is 0 Å². The SMILES string of the molecule is CC(C)c1ccc(CN2CCC(F)(F)C2)cc1.CC(C)c1ccc(N(C)C)cc1.CC(C)c1ccc(NC2CCC2)cc1.CC(C)c1ccc(NC2CCCCC2)cc1.CC(C)c1ccc(NCC2CCOC2)cc1.CC(C)c1ccc(NN2CCC(F)(F)CC2)cc1.CC(C)c1ccc(OC2CCCC2)cc1.CCC(O)(CC)CCc1ccc(C(C)C)cc1.CCN(Cc1ccc(C(C)C)cc1)C1CCOC1C. The maximum atomic E-state index is 13.0. The highest BCUT2D eigenvalue weighted by atomic mass is 19.3. The zero-order chi connectivity index (χ0) is 105. The lowest BCUT2D eigenvalue weighted by molar-refractivity contribution is -0.0506. The highest BCUT2D eigenvalue weighted by Gasteiger charge is 2.38. The fourth-order valence-electron chi connectivity index (χ4n) is 18.7. The molecule has 0 spiro atoms. The number of aryl methyl sites for hydroxylation is 1. The minimum atomic E-state index is -2.49. The molecule has 0 bridgehead atoms. The molecule has 0 radical (unpaired) electrons. The lowest BCUT2D eigenvalue weighted by Crippen LogP contribution is -2.42. The van der Waals surface area contributed by atoms with E-state index in [-0.39, 0.29) is 25.8 Å². The summed E-state index contributed by atoms with van der Waals surface area (Å²) in [6.45, 7) is 56.0. The van der Waals surface area contributed by atoms with Crippen LogP contribution in [0.4, 0.5) is 46.0 Å². The summed E-state index contributed by atoms with van der Waals surface area (Å²) in [5.41, 5.74) is 25.0. The molecule has 7 fully saturated rings. The van der Waals surface area contributed by atoms with Crippen LogP contribution >= 0.6 is 0 Å². The summed E-state index contributed by atoms with van der Waals surface area (Å²) in [4.78, 5) is 6.48. The van der Waals surface area contributed by atoms with E-state index in [2.05, 4.69) is 392 Å². The van der Waals surface area contributed by atoms with E-state index in [0.29, 0.717) is 110 Å². The number of alkyl halides is 4. The van der Waals surface area contributed by atoms with Crippen molar-refractivity contribution < 1.29 is 36.9 Å². The standard InChI is InChI=1S/C17H27NO.C16H26O.C15H23N.C14H20F2N2.C14H19F2N.C14H21NO.C14H20O.C13H19N.C11H17N/c1-5-18(17-10-11-19-14(17)4)12-15-6-8-16(9-7-15)13(2)3;1-5-16(17,6-2)12-11-14-7-9-15(10-8-14)13(3)4;1-12(2)13-8-10-15(11-9-13)16-14-6-4-3-5-7-14;1-11(2)12-3-5-13(6-4-12)17-18-9-7-14(15,16)8-10-18;1-11(2)13-5-3-12(4-6-13)9-17-8-7-14(15,16)10-17;1-11(2)13-3-5-14(6-4-13)15-9-12-7-8-16-10-12;1-11(2)12-7-9-14(10-8-12)15-13-5-3-4-6-13;1-10(2)11-6-8-13(9-7-11)14-12-4-3-5-12;1-9(2)10-5-7-11(8-6-10)12(3)4/h6-9,13-14,17H,5,10-12H2,1-4H3;7-10,13,17H,5-6,11-12H2,1-4H3;8-12,14,16H,3-7H2,1-2H3;3-6,11,17H,7-10H2,1-2H3;3-6,11H,7-10H2,1-2H3;3-6,11-12,15H,7-10H2,1-2H3;7-11,13H,3-6H2,1-2H3;6-10,12,14H,3-5H2,1-2H3;5-9H,1-4H3. The van der Waals surface area contributed by atoms with Crippen LogP contribution < -0.4 is 31.0 Å². The molecule has 9 aromatic rings. The van der Waals surface area contributed by atoms with Crippen LogP contribution in [0.15, 0.2) is 218 Å². The summed E-state index contributed by atoms with van der Waals surface area (Å²) in [5.74, 6) is 2.06. The van der Waals surface area contributed by atoms with Crippen molar-refractivity contribution in [2.45, 2.75) is 401 Å². The third-order valence-electron chi connectivity index (χ3n) is 29.8. The molecule has 16 heteroatoms. The van der Waals surface area contributed by atoms with Gasteiger partial charge in [0.05, 0.1) is 31.0 Å². The second-order valence-electron chi connectivity index (χ2n) is 44.7. The quantitative estimate of drug-likeness (QED) is 0.0259. The molecule has 3 unspecified atom stereocenters. The third-order valence-corrected chi connectivity index (χ3v) is 29.8.